The number of aromatic nitrogens is 2. The summed E-state index contributed by atoms with van der Waals surface area (Å²) in [6.45, 7) is 3.88. The molecule has 1 aliphatic heterocycles. The van der Waals surface area contributed by atoms with E-state index in [-0.39, 0.29) is 6.04 Å². The molecule has 1 aromatic heterocycles. The second-order valence-corrected chi connectivity index (χ2v) is 5.79. The van der Waals surface area contributed by atoms with Crippen molar-refractivity contribution in [2.24, 2.45) is 11.7 Å². The predicted molar refractivity (Wildman–Crippen MR) is 83.3 cm³/mol. The molecule has 2 unspecified atom stereocenters. The minimum Gasteiger partial charge on any atom is -0.493 e. The van der Waals surface area contributed by atoms with E-state index in [9.17, 15) is 0 Å². The van der Waals surface area contributed by atoms with Crippen LogP contribution < -0.4 is 10.5 Å². The number of para-hydroxylation sites is 1. The van der Waals surface area contributed by atoms with Crippen LogP contribution in [0.3, 0.4) is 0 Å². The number of ether oxygens (including phenoxy) is 1. The van der Waals surface area contributed by atoms with E-state index in [0.29, 0.717) is 12.5 Å². The van der Waals surface area contributed by atoms with Crippen LogP contribution in [0.1, 0.15) is 24.7 Å². The zero-order chi connectivity index (χ0) is 14.7. The molecule has 2 aromatic rings. The Morgan fingerprint density at radius 2 is 2.29 bits per heavy atom. The van der Waals surface area contributed by atoms with Crippen molar-refractivity contribution in [3.8, 4) is 5.75 Å². The molecular weight excluding hydrogens is 262 g/mol. The molecule has 2 N–H and O–H groups in total. The minimum absolute atomic E-state index is 0.0800. The zero-order valence-corrected chi connectivity index (χ0v) is 12.5. The first-order chi connectivity index (χ1) is 10.3. The fraction of sp³-hybridized carbons (Fsp3) is 0.471. The highest BCUT2D eigenvalue weighted by Gasteiger charge is 2.26. The number of benzene rings is 1. The SMILES string of the molecule is CCCn1ccnc1CC(N)C1COc2ccccc2C1. The molecule has 0 bridgehead atoms. The number of aryl methyl sites for hydroxylation is 1. The molecule has 0 saturated carbocycles. The molecule has 0 fully saturated rings. The largest absolute Gasteiger partial charge is 0.493 e. The summed E-state index contributed by atoms with van der Waals surface area (Å²) in [4.78, 5) is 4.46. The van der Waals surface area contributed by atoms with Gasteiger partial charge < -0.3 is 15.0 Å². The van der Waals surface area contributed by atoms with E-state index in [1.807, 2.05) is 24.5 Å². The quantitative estimate of drug-likeness (QED) is 0.918. The molecule has 0 aliphatic carbocycles. The van der Waals surface area contributed by atoms with E-state index in [4.69, 9.17) is 10.5 Å². The zero-order valence-electron chi connectivity index (χ0n) is 12.5. The average Bonchev–Trinajstić information content (AvgIpc) is 2.94. The lowest BCUT2D eigenvalue weighted by atomic mass is 9.89. The van der Waals surface area contributed by atoms with Gasteiger partial charge >= 0.3 is 0 Å². The lowest BCUT2D eigenvalue weighted by molar-refractivity contribution is 0.197. The number of hydrogen-bond donors (Lipinski definition) is 1. The van der Waals surface area contributed by atoms with Crippen molar-refractivity contribution in [2.45, 2.75) is 38.8 Å². The van der Waals surface area contributed by atoms with Crippen molar-refractivity contribution in [3.05, 3.63) is 48.0 Å². The van der Waals surface area contributed by atoms with Gasteiger partial charge in [-0.3, -0.25) is 0 Å². The highest BCUT2D eigenvalue weighted by atomic mass is 16.5. The number of rotatable bonds is 5. The van der Waals surface area contributed by atoms with Crippen LogP contribution in [0, 0.1) is 5.92 Å². The number of imidazole rings is 1. The number of hydrogen-bond acceptors (Lipinski definition) is 3. The predicted octanol–water partition coefficient (Wildman–Crippen LogP) is 2.41. The second kappa shape index (κ2) is 6.31. The summed E-state index contributed by atoms with van der Waals surface area (Å²) in [5.74, 6) is 2.45. The molecule has 4 heteroatoms. The maximum Gasteiger partial charge on any atom is 0.122 e. The van der Waals surface area contributed by atoms with Crippen LogP contribution in [0.2, 0.25) is 0 Å². The molecule has 112 valence electrons. The third kappa shape index (κ3) is 3.10. The van der Waals surface area contributed by atoms with Gasteiger partial charge in [-0.05, 0) is 24.5 Å². The van der Waals surface area contributed by atoms with Crippen LogP contribution in [0.15, 0.2) is 36.7 Å². The monoisotopic (exact) mass is 285 g/mol. The Labute approximate surface area is 125 Å². The van der Waals surface area contributed by atoms with Gasteiger partial charge in [-0.2, -0.15) is 0 Å². The van der Waals surface area contributed by atoms with Gasteiger partial charge in [-0.1, -0.05) is 25.1 Å². The maximum atomic E-state index is 6.43. The topological polar surface area (TPSA) is 53.1 Å². The van der Waals surface area contributed by atoms with Crippen LogP contribution in [-0.4, -0.2) is 22.2 Å². The molecule has 0 saturated heterocycles. The summed E-state index contributed by atoms with van der Waals surface area (Å²) in [6, 6.07) is 8.32. The molecule has 4 nitrogen and oxygen atoms in total. The van der Waals surface area contributed by atoms with Crippen molar-refractivity contribution in [3.63, 3.8) is 0 Å². The summed E-state index contributed by atoms with van der Waals surface area (Å²) >= 11 is 0. The molecule has 3 rings (SSSR count). The van der Waals surface area contributed by atoms with Crippen LogP contribution in [0.5, 0.6) is 5.75 Å². The van der Waals surface area contributed by atoms with Crippen molar-refractivity contribution < 1.29 is 4.74 Å². The number of nitrogens with two attached hydrogens (primary N) is 1. The van der Waals surface area contributed by atoms with Gasteiger partial charge in [0.2, 0.25) is 0 Å². The Morgan fingerprint density at radius 3 is 3.14 bits per heavy atom. The maximum absolute atomic E-state index is 6.43. The molecule has 1 aromatic carbocycles. The Bertz CT molecular complexity index is 593. The lowest BCUT2D eigenvalue weighted by Gasteiger charge is -2.29. The van der Waals surface area contributed by atoms with E-state index < -0.39 is 0 Å². The van der Waals surface area contributed by atoms with Gasteiger partial charge in [0.05, 0.1) is 6.61 Å². The fourth-order valence-electron chi connectivity index (χ4n) is 2.98. The normalized spacial score (nSPS) is 18.9. The standard InChI is InChI=1S/C17H23N3O/c1-2-8-20-9-7-19-17(20)11-15(18)14-10-13-5-3-4-6-16(13)21-12-14/h3-7,9,14-15H,2,8,10-12,18H2,1H3. The minimum atomic E-state index is 0.0800. The first kappa shape index (κ1) is 14.1. The van der Waals surface area contributed by atoms with Crippen LogP contribution in [0.25, 0.3) is 0 Å². The van der Waals surface area contributed by atoms with Crippen molar-refractivity contribution >= 4 is 0 Å². The van der Waals surface area contributed by atoms with Crippen LogP contribution >= 0.6 is 0 Å². The molecule has 0 amide bonds. The molecule has 0 spiro atoms. The third-order valence-electron chi connectivity index (χ3n) is 4.20. The summed E-state index contributed by atoms with van der Waals surface area (Å²) in [6.07, 6.45) is 6.82. The highest BCUT2D eigenvalue weighted by molar-refractivity contribution is 5.35. The highest BCUT2D eigenvalue weighted by Crippen LogP contribution is 2.28. The van der Waals surface area contributed by atoms with E-state index in [1.54, 1.807) is 0 Å². The van der Waals surface area contributed by atoms with Gasteiger partial charge in [-0.25, -0.2) is 4.98 Å². The van der Waals surface area contributed by atoms with Crippen molar-refractivity contribution in [1.29, 1.82) is 0 Å². The lowest BCUT2D eigenvalue weighted by Crippen LogP contribution is -2.39. The fourth-order valence-corrected chi connectivity index (χ4v) is 2.98. The Hall–Kier alpha value is -1.81. The number of fused-ring (bicyclic) bond motifs is 1. The Kier molecular flexibility index (Phi) is 4.25. The summed E-state index contributed by atoms with van der Waals surface area (Å²) in [5, 5.41) is 0. The van der Waals surface area contributed by atoms with Crippen LogP contribution in [0.4, 0.5) is 0 Å². The van der Waals surface area contributed by atoms with Gasteiger partial charge in [0, 0.05) is 37.3 Å². The summed E-state index contributed by atoms with van der Waals surface area (Å²) < 4.78 is 8.05. The van der Waals surface area contributed by atoms with Crippen molar-refractivity contribution in [1.82, 2.24) is 9.55 Å². The summed E-state index contributed by atoms with van der Waals surface area (Å²) in [5.41, 5.74) is 7.69. The molecule has 2 atom stereocenters. The van der Waals surface area contributed by atoms with E-state index in [1.165, 1.54) is 5.56 Å². The molecule has 0 radical (unpaired) electrons. The van der Waals surface area contributed by atoms with Gasteiger partial charge in [0.15, 0.2) is 0 Å². The Balaban J connectivity index is 1.66. The smallest absolute Gasteiger partial charge is 0.122 e. The van der Waals surface area contributed by atoms with E-state index >= 15 is 0 Å². The summed E-state index contributed by atoms with van der Waals surface area (Å²) in [7, 11) is 0. The van der Waals surface area contributed by atoms with Crippen LogP contribution in [-0.2, 0) is 19.4 Å². The van der Waals surface area contributed by atoms with Gasteiger partial charge in [-0.15, -0.1) is 0 Å². The molecule has 2 heterocycles. The van der Waals surface area contributed by atoms with E-state index in [2.05, 4.69) is 28.6 Å². The average molecular weight is 285 g/mol. The van der Waals surface area contributed by atoms with E-state index in [0.717, 1.165) is 37.4 Å². The van der Waals surface area contributed by atoms with Gasteiger partial charge in [0.25, 0.3) is 0 Å². The van der Waals surface area contributed by atoms with Crippen molar-refractivity contribution in [2.75, 3.05) is 6.61 Å². The second-order valence-electron chi connectivity index (χ2n) is 5.79. The Morgan fingerprint density at radius 1 is 1.43 bits per heavy atom. The van der Waals surface area contributed by atoms with Gasteiger partial charge in [0.1, 0.15) is 11.6 Å². The number of nitrogens with zero attached hydrogens (tertiary/aromatic N) is 2. The third-order valence-corrected chi connectivity index (χ3v) is 4.20. The molecule has 1 aliphatic rings. The first-order valence-corrected chi connectivity index (χ1v) is 7.74. The molecular formula is C17H23N3O. The first-order valence-electron chi connectivity index (χ1n) is 7.74. The molecule has 21 heavy (non-hydrogen) atoms.